The summed E-state index contributed by atoms with van der Waals surface area (Å²) in [7, 11) is 2.02. The predicted octanol–water partition coefficient (Wildman–Crippen LogP) is 1.95. The second-order valence-corrected chi connectivity index (χ2v) is 6.90. The van der Waals surface area contributed by atoms with Crippen LogP contribution >= 0.6 is 0 Å². The molecule has 0 spiro atoms. The van der Waals surface area contributed by atoms with Gasteiger partial charge in [-0.25, -0.2) is 0 Å². The molecule has 0 unspecified atom stereocenters. The number of amides is 2. The molecule has 0 radical (unpaired) electrons. The molecule has 1 fully saturated rings. The largest absolute Gasteiger partial charge is 0.352 e. The Morgan fingerprint density at radius 3 is 2.50 bits per heavy atom. The smallest absolute Gasteiger partial charge is 0.255 e. The van der Waals surface area contributed by atoms with Gasteiger partial charge in [0, 0.05) is 57.0 Å². The van der Waals surface area contributed by atoms with E-state index in [1.807, 2.05) is 23.8 Å². The van der Waals surface area contributed by atoms with Crippen LogP contribution in [0.15, 0.2) is 30.6 Å². The van der Waals surface area contributed by atoms with Gasteiger partial charge in [-0.1, -0.05) is 0 Å². The van der Waals surface area contributed by atoms with Crippen molar-refractivity contribution in [3.8, 4) is 0 Å². The number of hydrogen-bond donors (Lipinski definition) is 0. The quantitative estimate of drug-likeness (QED) is 0.847. The molecule has 138 valence electrons. The van der Waals surface area contributed by atoms with Crippen molar-refractivity contribution in [2.45, 2.75) is 26.7 Å². The first kappa shape index (κ1) is 18.2. The van der Waals surface area contributed by atoms with Gasteiger partial charge in [0.25, 0.3) is 5.91 Å². The summed E-state index contributed by atoms with van der Waals surface area (Å²) in [5.41, 5.74) is 3.98. The molecular formula is C20H26N4O2. The van der Waals surface area contributed by atoms with Crippen molar-refractivity contribution in [2.75, 3.05) is 26.2 Å². The summed E-state index contributed by atoms with van der Waals surface area (Å²) in [5, 5.41) is 0. The summed E-state index contributed by atoms with van der Waals surface area (Å²) in [6, 6.07) is 5.64. The van der Waals surface area contributed by atoms with Gasteiger partial charge in [0.15, 0.2) is 0 Å². The van der Waals surface area contributed by atoms with Gasteiger partial charge in [-0.05, 0) is 44.0 Å². The number of pyridine rings is 1. The van der Waals surface area contributed by atoms with Crippen molar-refractivity contribution in [1.82, 2.24) is 19.4 Å². The SMILES string of the molecule is Cc1cc(CC(=O)N2CCCN(C(=O)c3cccnc3)CC2)c(C)n1C. The van der Waals surface area contributed by atoms with Gasteiger partial charge in [0.2, 0.25) is 5.91 Å². The van der Waals surface area contributed by atoms with Gasteiger partial charge >= 0.3 is 0 Å². The van der Waals surface area contributed by atoms with Gasteiger partial charge in [-0.15, -0.1) is 0 Å². The maximum atomic E-state index is 12.7. The molecule has 0 bridgehead atoms. The third-order valence-corrected chi connectivity index (χ3v) is 5.27. The molecule has 2 amide bonds. The van der Waals surface area contributed by atoms with Crippen molar-refractivity contribution in [3.63, 3.8) is 0 Å². The fourth-order valence-corrected chi connectivity index (χ4v) is 3.43. The molecule has 26 heavy (non-hydrogen) atoms. The third-order valence-electron chi connectivity index (χ3n) is 5.27. The maximum absolute atomic E-state index is 12.7. The molecule has 6 nitrogen and oxygen atoms in total. The first-order chi connectivity index (χ1) is 12.5. The normalized spacial score (nSPS) is 15.0. The second kappa shape index (κ2) is 7.72. The van der Waals surface area contributed by atoms with Crippen LogP contribution in [0.1, 0.15) is 33.7 Å². The summed E-state index contributed by atoms with van der Waals surface area (Å²) < 4.78 is 2.11. The molecule has 6 heteroatoms. The Kier molecular flexibility index (Phi) is 5.40. The van der Waals surface area contributed by atoms with E-state index in [1.54, 1.807) is 24.5 Å². The van der Waals surface area contributed by atoms with E-state index in [4.69, 9.17) is 0 Å². The lowest BCUT2D eigenvalue weighted by molar-refractivity contribution is -0.130. The van der Waals surface area contributed by atoms with E-state index in [1.165, 1.54) is 0 Å². The molecule has 1 aliphatic heterocycles. The minimum absolute atomic E-state index is 0.0121. The highest BCUT2D eigenvalue weighted by atomic mass is 16.2. The van der Waals surface area contributed by atoms with Gasteiger partial charge in [0.1, 0.15) is 0 Å². The van der Waals surface area contributed by atoms with E-state index in [2.05, 4.69) is 22.5 Å². The van der Waals surface area contributed by atoms with E-state index in [0.29, 0.717) is 38.2 Å². The number of aromatic nitrogens is 2. The van der Waals surface area contributed by atoms with Gasteiger partial charge in [-0.2, -0.15) is 0 Å². The Balaban J connectivity index is 1.62. The molecule has 1 aliphatic rings. The van der Waals surface area contributed by atoms with E-state index in [9.17, 15) is 9.59 Å². The average molecular weight is 354 g/mol. The highest BCUT2D eigenvalue weighted by Crippen LogP contribution is 2.16. The van der Waals surface area contributed by atoms with Crippen molar-refractivity contribution in [1.29, 1.82) is 0 Å². The Morgan fingerprint density at radius 1 is 1.12 bits per heavy atom. The molecule has 0 aromatic carbocycles. The van der Waals surface area contributed by atoms with Crippen LogP contribution in [-0.2, 0) is 18.3 Å². The number of carbonyl (C=O) groups is 2. The molecule has 0 N–H and O–H groups in total. The maximum Gasteiger partial charge on any atom is 0.255 e. The van der Waals surface area contributed by atoms with Crippen LogP contribution in [0.5, 0.6) is 0 Å². The lowest BCUT2D eigenvalue weighted by Gasteiger charge is -2.22. The van der Waals surface area contributed by atoms with E-state index >= 15 is 0 Å². The first-order valence-corrected chi connectivity index (χ1v) is 9.06. The van der Waals surface area contributed by atoms with Crippen LogP contribution in [0.2, 0.25) is 0 Å². The molecule has 1 saturated heterocycles. The summed E-state index contributed by atoms with van der Waals surface area (Å²) >= 11 is 0. The number of rotatable bonds is 3. The fraction of sp³-hybridized carbons (Fsp3) is 0.450. The highest BCUT2D eigenvalue weighted by Gasteiger charge is 2.23. The molecular weight excluding hydrogens is 328 g/mol. The van der Waals surface area contributed by atoms with Gasteiger partial charge < -0.3 is 14.4 Å². The molecule has 3 rings (SSSR count). The Bertz CT molecular complexity index is 798. The topological polar surface area (TPSA) is 58.4 Å². The van der Waals surface area contributed by atoms with Crippen LogP contribution in [-0.4, -0.2) is 57.3 Å². The van der Waals surface area contributed by atoms with Crippen molar-refractivity contribution < 1.29 is 9.59 Å². The highest BCUT2D eigenvalue weighted by molar-refractivity contribution is 5.94. The van der Waals surface area contributed by atoms with Gasteiger partial charge in [-0.3, -0.25) is 14.6 Å². The molecule has 2 aromatic rings. The fourth-order valence-electron chi connectivity index (χ4n) is 3.43. The van der Waals surface area contributed by atoms with Crippen molar-refractivity contribution in [3.05, 3.63) is 53.1 Å². The molecule has 0 saturated carbocycles. The number of nitrogens with zero attached hydrogens (tertiary/aromatic N) is 4. The Labute approximate surface area is 154 Å². The molecule has 0 atom stereocenters. The van der Waals surface area contributed by atoms with Gasteiger partial charge in [0.05, 0.1) is 12.0 Å². The number of aryl methyl sites for hydroxylation is 1. The van der Waals surface area contributed by atoms with Crippen molar-refractivity contribution in [2.24, 2.45) is 7.05 Å². The number of carbonyl (C=O) groups excluding carboxylic acids is 2. The summed E-state index contributed by atoms with van der Waals surface area (Å²) in [4.78, 5) is 33.1. The monoisotopic (exact) mass is 354 g/mol. The van der Waals surface area contributed by atoms with E-state index in [0.717, 1.165) is 23.4 Å². The summed E-state index contributed by atoms with van der Waals surface area (Å²) in [6.07, 6.45) is 4.47. The van der Waals surface area contributed by atoms with Crippen LogP contribution in [0.3, 0.4) is 0 Å². The lowest BCUT2D eigenvalue weighted by atomic mass is 10.1. The lowest BCUT2D eigenvalue weighted by Crippen LogP contribution is -2.38. The summed E-state index contributed by atoms with van der Waals surface area (Å²) in [5.74, 6) is 0.122. The van der Waals surface area contributed by atoms with Crippen LogP contribution < -0.4 is 0 Å². The van der Waals surface area contributed by atoms with Crippen LogP contribution in [0.25, 0.3) is 0 Å². The minimum Gasteiger partial charge on any atom is -0.352 e. The Morgan fingerprint density at radius 2 is 1.85 bits per heavy atom. The van der Waals surface area contributed by atoms with Crippen molar-refractivity contribution >= 4 is 11.8 Å². The molecule has 3 heterocycles. The number of hydrogen-bond acceptors (Lipinski definition) is 3. The van der Waals surface area contributed by atoms with Crippen LogP contribution in [0, 0.1) is 13.8 Å². The predicted molar refractivity (Wildman–Crippen MR) is 99.9 cm³/mol. The van der Waals surface area contributed by atoms with E-state index < -0.39 is 0 Å². The van der Waals surface area contributed by atoms with E-state index in [-0.39, 0.29) is 11.8 Å². The second-order valence-electron chi connectivity index (χ2n) is 6.90. The summed E-state index contributed by atoms with van der Waals surface area (Å²) in [6.45, 7) is 6.60. The average Bonchev–Trinajstić information content (AvgIpc) is 2.86. The third kappa shape index (κ3) is 3.79. The standard InChI is InChI=1S/C20H26N4O2/c1-15-12-18(16(2)22(15)3)13-19(25)23-8-5-9-24(11-10-23)20(26)17-6-4-7-21-14-17/h4,6-7,12,14H,5,8-11,13H2,1-3H3. The zero-order valence-corrected chi connectivity index (χ0v) is 15.7. The minimum atomic E-state index is -0.0121. The Hall–Kier alpha value is -2.63. The molecule has 2 aromatic heterocycles. The molecule has 0 aliphatic carbocycles. The zero-order valence-electron chi connectivity index (χ0n) is 15.7. The zero-order chi connectivity index (χ0) is 18.7. The first-order valence-electron chi connectivity index (χ1n) is 9.06. The van der Waals surface area contributed by atoms with Crippen LogP contribution in [0.4, 0.5) is 0 Å².